The van der Waals surface area contributed by atoms with Crippen molar-refractivity contribution in [1.82, 2.24) is 0 Å². The summed E-state index contributed by atoms with van der Waals surface area (Å²) >= 11 is 2.82. The van der Waals surface area contributed by atoms with Gasteiger partial charge < -0.3 is 0 Å². The summed E-state index contributed by atoms with van der Waals surface area (Å²) in [6.07, 6.45) is 2.29. The summed E-state index contributed by atoms with van der Waals surface area (Å²) in [5.74, 6) is 0. The number of benzene rings is 1. The molecule has 0 nitrogen and oxygen atoms in total. The van der Waals surface area contributed by atoms with Crippen LogP contribution in [0.5, 0.6) is 0 Å². The summed E-state index contributed by atoms with van der Waals surface area (Å²) < 4.78 is 1.36. The Morgan fingerprint density at radius 3 is 2.08 bits per heavy atom. The van der Waals surface area contributed by atoms with Crippen LogP contribution in [0.4, 0.5) is 0 Å². The smallest absolute Gasteiger partial charge is 0.135 e. The van der Waals surface area contributed by atoms with E-state index in [1.54, 1.807) is 0 Å². The highest BCUT2D eigenvalue weighted by molar-refractivity contribution is 6.33. The molecule has 0 aliphatic heterocycles. The Morgan fingerprint density at radius 1 is 1.08 bits per heavy atom. The van der Waals surface area contributed by atoms with Crippen molar-refractivity contribution in [2.24, 2.45) is 0 Å². The Balaban J connectivity index is 3.28. The standard InChI is InChI=1S/C11H15.Al/c1-4-10-8-6-7-9(3)11(10)5-2;/h6-7H,4-5H2,1-3H3;. The fourth-order valence-corrected chi connectivity index (χ4v) is 2.21. The lowest BCUT2D eigenvalue weighted by Crippen LogP contribution is -2.13. The Kier molecular flexibility index (Phi) is 3.38. The molecule has 0 heterocycles. The van der Waals surface area contributed by atoms with Crippen LogP contribution in [-0.2, 0) is 12.8 Å². The van der Waals surface area contributed by atoms with Gasteiger partial charge in [-0.3, -0.25) is 0 Å². The minimum Gasteiger partial charge on any atom is -0.135 e. The molecule has 12 heavy (non-hydrogen) atoms. The van der Waals surface area contributed by atoms with Crippen LogP contribution < -0.4 is 4.43 Å². The molecule has 1 aromatic rings. The largest absolute Gasteiger partial charge is 0.176 e. The molecular formula is C11H15Al. The molecule has 0 fully saturated rings. The lowest BCUT2D eigenvalue weighted by atomic mass is 9.98. The molecule has 0 aliphatic rings. The van der Waals surface area contributed by atoms with E-state index < -0.39 is 0 Å². The van der Waals surface area contributed by atoms with Gasteiger partial charge in [0.1, 0.15) is 0 Å². The Morgan fingerprint density at radius 2 is 1.67 bits per heavy atom. The lowest BCUT2D eigenvalue weighted by Gasteiger charge is -2.13. The zero-order valence-corrected chi connectivity index (χ0v) is 9.30. The van der Waals surface area contributed by atoms with Gasteiger partial charge in [-0.15, -0.1) is 4.43 Å². The summed E-state index contributed by atoms with van der Waals surface area (Å²) in [5.41, 5.74) is 4.48. The van der Waals surface area contributed by atoms with Gasteiger partial charge in [0, 0.05) is 0 Å². The minimum absolute atomic E-state index is 1.14. The predicted octanol–water partition coefficient (Wildman–Crippen LogP) is 1.91. The van der Waals surface area contributed by atoms with Crippen LogP contribution in [-0.4, -0.2) is 16.3 Å². The van der Waals surface area contributed by atoms with E-state index in [9.17, 15) is 0 Å². The molecule has 0 N–H and O–H groups in total. The lowest BCUT2D eigenvalue weighted by molar-refractivity contribution is 1.03. The molecule has 0 saturated heterocycles. The van der Waals surface area contributed by atoms with Crippen molar-refractivity contribution < 1.29 is 0 Å². The van der Waals surface area contributed by atoms with E-state index in [4.69, 9.17) is 0 Å². The summed E-state index contributed by atoms with van der Waals surface area (Å²) in [6, 6.07) is 4.40. The molecule has 1 rings (SSSR count). The van der Waals surface area contributed by atoms with Gasteiger partial charge in [-0.1, -0.05) is 31.5 Å². The second kappa shape index (κ2) is 4.12. The maximum absolute atomic E-state index is 2.82. The number of aryl methyl sites for hydroxylation is 1. The molecule has 2 radical (unpaired) electrons. The highest BCUT2D eigenvalue weighted by Crippen LogP contribution is 2.12. The highest BCUT2D eigenvalue weighted by Gasteiger charge is 2.03. The van der Waals surface area contributed by atoms with Gasteiger partial charge in [0.05, 0.1) is 0 Å². The van der Waals surface area contributed by atoms with Gasteiger partial charge in [0.2, 0.25) is 0 Å². The number of hydrogen-bond donors (Lipinski definition) is 0. The van der Waals surface area contributed by atoms with Gasteiger partial charge >= 0.3 is 0 Å². The third kappa shape index (κ3) is 1.73. The van der Waals surface area contributed by atoms with E-state index >= 15 is 0 Å². The first-order chi connectivity index (χ1) is 5.70. The SMILES string of the molecule is CCc1c(C)cc[c]([Al])c1CC. The normalized spacial score (nSPS) is 10.2. The van der Waals surface area contributed by atoms with Crippen molar-refractivity contribution in [2.45, 2.75) is 33.6 Å². The molecule has 0 saturated carbocycles. The average molecular weight is 174 g/mol. The molecule has 0 unspecified atom stereocenters. The van der Waals surface area contributed by atoms with Crippen LogP contribution >= 0.6 is 0 Å². The van der Waals surface area contributed by atoms with E-state index in [0.29, 0.717) is 0 Å². The van der Waals surface area contributed by atoms with Crippen molar-refractivity contribution in [3.05, 3.63) is 28.8 Å². The number of rotatable bonds is 2. The van der Waals surface area contributed by atoms with Gasteiger partial charge in [0.15, 0.2) is 16.3 Å². The van der Waals surface area contributed by atoms with E-state index in [1.807, 2.05) is 0 Å². The van der Waals surface area contributed by atoms with E-state index in [0.717, 1.165) is 12.8 Å². The van der Waals surface area contributed by atoms with Crippen LogP contribution in [0.1, 0.15) is 30.5 Å². The van der Waals surface area contributed by atoms with Crippen LogP contribution in [0, 0.1) is 6.92 Å². The zero-order chi connectivity index (χ0) is 9.14. The predicted molar refractivity (Wildman–Crippen MR) is 55.3 cm³/mol. The van der Waals surface area contributed by atoms with Crippen molar-refractivity contribution in [3.63, 3.8) is 0 Å². The molecule has 0 aromatic heterocycles. The Labute approximate surface area is 83.4 Å². The van der Waals surface area contributed by atoms with Crippen molar-refractivity contribution >= 4 is 20.7 Å². The molecule has 1 aromatic carbocycles. The zero-order valence-electron chi connectivity index (χ0n) is 8.15. The Hall–Kier alpha value is -0.248. The maximum atomic E-state index is 2.82. The first-order valence-electron chi connectivity index (χ1n) is 4.57. The topological polar surface area (TPSA) is 0 Å². The van der Waals surface area contributed by atoms with Gasteiger partial charge in [-0.25, -0.2) is 0 Å². The molecule has 0 bridgehead atoms. The third-order valence-electron chi connectivity index (χ3n) is 2.41. The van der Waals surface area contributed by atoms with Crippen LogP contribution in [0.15, 0.2) is 12.1 Å². The molecular weight excluding hydrogens is 159 g/mol. The second-order valence-electron chi connectivity index (χ2n) is 3.14. The van der Waals surface area contributed by atoms with Gasteiger partial charge in [0.25, 0.3) is 0 Å². The molecule has 0 aliphatic carbocycles. The monoisotopic (exact) mass is 174 g/mol. The molecule has 1 heteroatoms. The van der Waals surface area contributed by atoms with Crippen LogP contribution in [0.25, 0.3) is 0 Å². The van der Waals surface area contributed by atoms with E-state index in [1.165, 1.54) is 21.1 Å². The number of hydrogen-bond acceptors (Lipinski definition) is 0. The van der Waals surface area contributed by atoms with Gasteiger partial charge in [-0.2, -0.15) is 0 Å². The fraction of sp³-hybridized carbons (Fsp3) is 0.455. The first-order valence-corrected chi connectivity index (χ1v) is 5.15. The average Bonchev–Trinajstić information content (AvgIpc) is 2.08. The van der Waals surface area contributed by atoms with Crippen molar-refractivity contribution in [3.8, 4) is 0 Å². The summed E-state index contributed by atoms with van der Waals surface area (Å²) in [6.45, 7) is 6.65. The minimum atomic E-state index is 1.14. The van der Waals surface area contributed by atoms with Crippen LogP contribution in [0.2, 0.25) is 0 Å². The quantitative estimate of drug-likeness (QED) is 0.601. The van der Waals surface area contributed by atoms with E-state index in [-0.39, 0.29) is 0 Å². The second-order valence-corrected chi connectivity index (χ2v) is 3.76. The van der Waals surface area contributed by atoms with Crippen LogP contribution in [0.3, 0.4) is 0 Å². The fourth-order valence-electron chi connectivity index (χ4n) is 1.74. The summed E-state index contributed by atoms with van der Waals surface area (Å²) in [7, 11) is 0. The summed E-state index contributed by atoms with van der Waals surface area (Å²) in [5, 5.41) is 0. The molecule has 0 atom stereocenters. The van der Waals surface area contributed by atoms with Gasteiger partial charge in [-0.05, 0) is 30.9 Å². The molecule has 0 spiro atoms. The Bertz CT molecular complexity index is 248. The summed E-state index contributed by atoms with van der Waals surface area (Å²) in [4.78, 5) is 0. The third-order valence-corrected chi connectivity index (χ3v) is 2.95. The maximum Gasteiger partial charge on any atom is 0.176 e. The highest BCUT2D eigenvalue weighted by atomic mass is 27.0. The van der Waals surface area contributed by atoms with Crippen molar-refractivity contribution in [1.29, 1.82) is 0 Å². The first kappa shape index (κ1) is 9.84. The van der Waals surface area contributed by atoms with Crippen molar-refractivity contribution in [2.75, 3.05) is 0 Å². The van der Waals surface area contributed by atoms with E-state index in [2.05, 4.69) is 49.2 Å². The molecule has 62 valence electrons. The molecule has 0 amide bonds.